The first-order chi connectivity index (χ1) is 18.7. The normalized spacial score (nSPS) is 13.5. The monoisotopic (exact) mass is 551 g/mol. The molecule has 0 saturated heterocycles. The summed E-state index contributed by atoms with van der Waals surface area (Å²) >= 11 is 0. The van der Waals surface area contributed by atoms with E-state index >= 15 is 0 Å². The number of alkyl carbamates (subject to hydrolysis) is 1. The Labute approximate surface area is 238 Å². The Morgan fingerprint density at radius 2 is 1.70 bits per heavy atom. The molecule has 3 unspecified atom stereocenters. The maximum Gasteiger partial charge on any atom is 0.408 e. The van der Waals surface area contributed by atoms with Gasteiger partial charge in [0.2, 0.25) is 11.8 Å². The Kier molecular flexibility index (Phi) is 11.8. The molecule has 2 aromatic rings. The molecule has 2 rings (SSSR count). The van der Waals surface area contributed by atoms with Crippen LogP contribution >= 0.6 is 0 Å². The molecule has 0 aliphatic heterocycles. The van der Waals surface area contributed by atoms with E-state index in [1.165, 1.54) is 17.0 Å². The molecule has 3 atom stereocenters. The van der Waals surface area contributed by atoms with E-state index in [4.69, 9.17) is 4.74 Å². The van der Waals surface area contributed by atoms with Crippen LogP contribution in [0.3, 0.4) is 0 Å². The van der Waals surface area contributed by atoms with Gasteiger partial charge in [0.25, 0.3) is 0 Å². The molecule has 3 N–H and O–H groups in total. The third-order valence-electron chi connectivity index (χ3n) is 6.49. The fourth-order valence-corrected chi connectivity index (χ4v) is 4.41. The maximum absolute atomic E-state index is 14.3. The van der Waals surface area contributed by atoms with Gasteiger partial charge in [0.1, 0.15) is 23.4 Å². The zero-order valence-electron chi connectivity index (χ0n) is 24.9. The molecule has 218 valence electrons. The van der Waals surface area contributed by atoms with Crippen LogP contribution in [0.2, 0.25) is 0 Å². The number of hydrogen-bond acceptors (Lipinski definition) is 5. The summed E-state index contributed by atoms with van der Waals surface area (Å²) in [6.45, 7) is 17.1. The second-order valence-electron chi connectivity index (χ2n) is 11.3. The van der Waals surface area contributed by atoms with Crippen molar-refractivity contribution >= 4 is 17.9 Å². The number of nitrogens with one attached hydrogen (secondary N) is 2. The molecular formula is C32H45N3O5. The summed E-state index contributed by atoms with van der Waals surface area (Å²) in [5.74, 6) is -0.673. The summed E-state index contributed by atoms with van der Waals surface area (Å²) in [7, 11) is 0. The molecule has 0 aliphatic carbocycles. The highest BCUT2D eigenvalue weighted by molar-refractivity contribution is 5.92. The van der Waals surface area contributed by atoms with Crippen LogP contribution in [0.25, 0.3) is 0 Å². The van der Waals surface area contributed by atoms with E-state index in [9.17, 15) is 19.5 Å². The predicted molar refractivity (Wildman–Crippen MR) is 158 cm³/mol. The Balaban J connectivity index is 2.56. The number of carbonyl (C=O) groups excluding carboxylic acids is 3. The third kappa shape index (κ3) is 9.74. The second kappa shape index (κ2) is 14.5. The first kappa shape index (κ1) is 32.4. The highest BCUT2D eigenvalue weighted by Crippen LogP contribution is 2.26. The van der Waals surface area contributed by atoms with Crippen LogP contribution in [0.5, 0.6) is 5.75 Å². The quantitative estimate of drug-likeness (QED) is 0.302. The number of ether oxygens (including phenoxy) is 1. The van der Waals surface area contributed by atoms with Gasteiger partial charge in [-0.15, -0.1) is 6.58 Å². The van der Waals surface area contributed by atoms with Crippen molar-refractivity contribution in [3.8, 4) is 5.75 Å². The van der Waals surface area contributed by atoms with Gasteiger partial charge in [-0.1, -0.05) is 49.8 Å². The van der Waals surface area contributed by atoms with E-state index in [0.29, 0.717) is 5.56 Å². The summed E-state index contributed by atoms with van der Waals surface area (Å²) in [5.41, 5.74) is 2.68. The second-order valence-corrected chi connectivity index (χ2v) is 11.3. The molecule has 2 aromatic carbocycles. The van der Waals surface area contributed by atoms with Crippen molar-refractivity contribution < 1.29 is 24.2 Å². The minimum Gasteiger partial charge on any atom is -0.508 e. The molecule has 0 aromatic heterocycles. The lowest BCUT2D eigenvalue weighted by Crippen LogP contribution is -2.54. The molecule has 0 bridgehead atoms. The molecule has 0 radical (unpaired) electrons. The average molecular weight is 552 g/mol. The zero-order chi connectivity index (χ0) is 30.0. The summed E-state index contributed by atoms with van der Waals surface area (Å²) in [5, 5.41) is 15.5. The van der Waals surface area contributed by atoms with E-state index < -0.39 is 29.7 Å². The Morgan fingerprint density at radius 3 is 2.25 bits per heavy atom. The van der Waals surface area contributed by atoms with Gasteiger partial charge in [0.15, 0.2) is 0 Å². The molecule has 0 spiro atoms. The van der Waals surface area contributed by atoms with Crippen molar-refractivity contribution in [2.75, 3.05) is 6.54 Å². The van der Waals surface area contributed by atoms with Crippen LogP contribution in [0.15, 0.2) is 55.1 Å². The van der Waals surface area contributed by atoms with E-state index in [-0.39, 0.29) is 30.7 Å². The van der Waals surface area contributed by atoms with Crippen LogP contribution in [-0.2, 0) is 20.7 Å². The number of aromatic hydroxyl groups is 1. The molecule has 3 amide bonds. The number of aryl methyl sites for hydroxylation is 2. The van der Waals surface area contributed by atoms with Crippen LogP contribution in [-0.4, -0.2) is 52.1 Å². The first-order valence-electron chi connectivity index (χ1n) is 13.8. The minimum atomic E-state index is -1.05. The fraction of sp³-hybridized carbons (Fsp3) is 0.469. The number of hydrogen-bond donors (Lipinski definition) is 3. The number of nitrogens with zero attached hydrogens (tertiary/aromatic N) is 1. The average Bonchev–Trinajstić information content (AvgIpc) is 2.85. The Hall–Kier alpha value is -3.81. The lowest BCUT2D eigenvalue weighted by atomic mass is 9.97. The lowest BCUT2D eigenvalue weighted by molar-refractivity contribution is -0.142. The minimum absolute atomic E-state index is 0.0775. The van der Waals surface area contributed by atoms with E-state index in [1.54, 1.807) is 39.0 Å². The molecule has 0 heterocycles. The van der Waals surface area contributed by atoms with Gasteiger partial charge in [-0.3, -0.25) is 9.59 Å². The lowest BCUT2D eigenvalue weighted by Gasteiger charge is -2.34. The highest BCUT2D eigenvalue weighted by atomic mass is 16.6. The molecular weight excluding hydrogens is 506 g/mol. The summed E-state index contributed by atoms with van der Waals surface area (Å²) < 4.78 is 5.46. The van der Waals surface area contributed by atoms with Gasteiger partial charge in [-0.25, -0.2) is 4.79 Å². The SMILES string of the molecule is C=CCN(C(=O)C(Cc1ccc(O)cc1)NC(=O)OC(C)(C)C)C(C(=O)NC(C)CCC)c1ccc(C)c(C)c1. The number of phenolic OH excluding ortho intramolecular Hbond substituents is 1. The fourth-order valence-electron chi connectivity index (χ4n) is 4.41. The smallest absolute Gasteiger partial charge is 0.408 e. The third-order valence-corrected chi connectivity index (χ3v) is 6.49. The molecule has 0 saturated carbocycles. The van der Waals surface area contributed by atoms with Crippen LogP contribution in [0.1, 0.15) is 75.8 Å². The largest absolute Gasteiger partial charge is 0.508 e. The van der Waals surface area contributed by atoms with Crippen LogP contribution in [0, 0.1) is 13.8 Å². The number of benzene rings is 2. The van der Waals surface area contributed by atoms with E-state index in [1.807, 2.05) is 45.9 Å². The van der Waals surface area contributed by atoms with Crippen molar-refractivity contribution in [3.63, 3.8) is 0 Å². The summed E-state index contributed by atoms with van der Waals surface area (Å²) in [6, 6.07) is 10.0. The van der Waals surface area contributed by atoms with Crippen molar-refractivity contribution in [1.29, 1.82) is 0 Å². The van der Waals surface area contributed by atoms with Gasteiger partial charge in [-0.05, 0) is 82.3 Å². The standard InChI is InChI=1S/C32H45N3O5/c1-9-11-23(5)33-29(37)28(25-15-12-21(3)22(4)19-25)35(18-10-2)30(38)27(34-31(39)40-32(6,7)8)20-24-13-16-26(36)17-14-24/h10,12-17,19,23,27-28,36H,2,9,11,18,20H2,1,3-8H3,(H,33,37)(H,34,39). The molecule has 8 nitrogen and oxygen atoms in total. The van der Waals surface area contributed by atoms with Crippen molar-refractivity contribution in [1.82, 2.24) is 15.5 Å². The number of amides is 3. The summed E-state index contributed by atoms with van der Waals surface area (Å²) in [6.07, 6.45) is 2.65. The predicted octanol–water partition coefficient (Wildman–Crippen LogP) is 5.51. The molecule has 0 aliphatic rings. The summed E-state index contributed by atoms with van der Waals surface area (Å²) in [4.78, 5) is 42.3. The maximum atomic E-state index is 14.3. The Bertz CT molecular complexity index is 1170. The highest BCUT2D eigenvalue weighted by Gasteiger charge is 2.36. The Morgan fingerprint density at radius 1 is 1.05 bits per heavy atom. The molecule has 8 heteroatoms. The molecule has 0 fully saturated rings. The van der Waals surface area contributed by atoms with Crippen molar-refractivity contribution in [2.45, 2.75) is 91.5 Å². The van der Waals surface area contributed by atoms with Gasteiger partial charge in [0, 0.05) is 19.0 Å². The van der Waals surface area contributed by atoms with E-state index in [2.05, 4.69) is 17.2 Å². The van der Waals surface area contributed by atoms with Gasteiger partial charge < -0.3 is 25.4 Å². The number of phenols is 1. The van der Waals surface area contributed by atoms with Crippen molar-refractivity contribution in [2.24, 2.45) is 0 Å². The van der Waals surface area contributed by atoms with Crippen molar-refractivity contribution in [3.05, 3.63) is 77.4 Å². The first-order valence-corrected chi connectivity index (χ1v) is 13.8. The molecule has 40 heavy (non-hydrogen) atoms. The number of rotatable bonds is 12. The van der Waals surface area contributed by atoms with Crippen LogP contribution < -0.4 is 10.6 Å². The zero-order valence-corrected chi connectivity index (χ0v) is 24.9. The topological polar surface area (TPSA) is 108 Å². The van der Waals surface area contributed by atoms with Crippen LogP contribution in [0.4, 0.5) is 4.79 Å². The van der Waals surface area contributed by atoms with Gasteiger partial charge in [-0.2, -0.15) is 0 Å². The van der Waals surface area contributed by atoms with E-state index in [0.717, 1.165) is 29.5 Å². The van der Waals surface area contributed by atoms with Gasteiger partial charge in [0.05, 0.1) is 0 Å². The number of carbonyl (C=O) groups is 3. The van der Waals surface area contributed by atoms with Gasteiger partial charge >= 0.3 is 6.09 Å².